The van der Waals surface area contributed by atoms with E-state index in [9.17, 15) is 14.4 Å². The fourth-order valence-corrected chi connectivity index (χ4v) is 3.67. The fraction of sp³-hybridized carbons (Fsp3) is 0.227. The first-order valence-corrected chi connectivity index (χ1v) is 10.0. The molecule has 7 nitrogen and oxygen atoms in total. The number of nitrogens with one attached hydrogen (secondary N) is 1. The molecule has 0 saturated carbocycles. The van der Waals surface area contributed by atoms with Gasteiger partial charge in [-0.2, -0.15) is 0 Å². The summed E-state index contributed by atoms with van der Waals surface area (Å²) < 4.78 is 17.0. The van der Waals surface area contributed by atoms with E-state index in [1.807, 2.05) is 26.0 Å². The Balaban J connectivity index is 1.73. The van der Waals surface area contributed by atoms with Crippen LogP contribution in [0.4, 0.5) is 0 Å². The van der Waals surface area contributed by atoms with Crippen molar-refractivity contribution in [2.45, 2.75) is 20.8 Å². The average molecular weight is 474 g/mol. The molecule has 1 amide bonds. The predicted molar refractivity (Wildman–Crippen MR) is 115 cm³/mol. The van der Waals surface area contributed by atoms with Crippen LogP contribution < -0.4 is 20.4 Å². The number of halogens is 1. The van der Waals surface area contributed by atoms with E-state index in [1.165, 1.54) is 12.1 Å². The van der Waals surface area contributed by atoms with Crippen LogP contribution in [0.3, 0.4) is 0 Å². The molecule has 0 saturated heterocycles. The lowest BCUT2D eigenvalue weighted by atomic mass is 10.1. The number of fused-ring (bicyclic) bond motifs is 1. The Kier molecular flexibility index (Phi) is 6.56. The van der Waals surface area contributed by atoms with Crippen LogP contribution in [0.25, 0.3) is 11.0 Å². The van der Waals surface area contributed by atoms with Crippen molar-refractivity contribution in [3.05, 3.63) is 68.0 Å². The molecule has 3 aromatic rings. The van der Waals surface area contributed by atoms with Crippen LogP contribution in [0.5, 0.6) is 11.5 Å². The highest BCUT2D eigenvalue weighted by atomic mass is 79.9. The van der Waals surface area contributed by atoms with E-state index >= 15 is 0 Å². The first kappa shape index (κ1) is 21.6. The van der Waals surface area contributed by atoms with Crippen LogP contribution in [0.2, 0.25) is 0 Å². The van der Waals surface area contributed by atoms with E-state index in [0.29, 0.717) is 17.7 Å². The number of esters is 1. The maximum atomic E-state index is 12.2. The van der Waals surface area contributed by atoms with Crippen LogP contribution in [0, 0.1) is 13.8 Å². The lowest BCUT2D eigenvalue weighted by molar-refractivity contribution is -0.136. The molecule has 0 spiro atoms. The minimum absolute atomic E-state index is 0.0808. The third kappa shape index (κ3) is 4.88. The topological polar surface area (TPSA) is 94.8 Å². The van der Waals surface area contributed by atoms with E-state index in [-0.39, 0.29) is 23.5 Å². The molecule has 30 heavy (non-hydrogen) atoms. The third-order valence-corrected chi connectivity index (χ3v) is 4.74. The number of hydrogen-bond donors (Lipinski definition) is 1. The zero-order valence-corrected chi connectivity index (χ0v) is 18.3. The van der Waals surface area contributed by atoms with Gasteiger partial charge < -0.3 is 19.2 Å². The van der Waals surface area contributed by atoms with Gasteiger partial charge in [0.2, 0.25) is 0 Å². The predicted octanol–water partition coefficient (Wildman–Crippen LogP) is 3.91. The van der Waals surface area contributed by atoms with Crippen molar-refractivity contribution < 1.29 is 23.5 Å². The maximum Gasteiger partial charge on any atom is 0.349 e. The number of carbonyl (C=O) groups excluding carboxylic acids is 2. The lowest BCUT2D eigenvalue weighted by Gasteiger charge is -2.12. The third-order valence-electron chi connectivity index (χ3n) is 4.28. The number of aryl methyl sites for hydroxylation is 2. The molecule has 1 N–H and O–H groups in total. The Bertz CT molecular complexity index is 1160. The highest BCUT2D eigenvalue weighted by Gasteiger charge is 2.15. The number of benzene rings is 2. The zero-order valence-electron chi connectivity index (χ0n) is 16.7. The first-order chi connectivity index (χ1) is 14.3. The Hall–Kier alpha value is -3.13. The number of amides is 1. The van der Waals surface area contributed by atoms with Crippen molar-refractivity contribution in [2.75, 3.05) is 13.2 Å². The highest BCUT2D eigenvalue weighted by molar-refractivity contribution is 9.10. The average Bonchev–Trinajstić information content (AvgIpc) is 2.66. The molecular formula is C22H20BrNO6. The van der Waals surface area contributed by atoms with Gasteiger partial charge in [-0.1, -0.05) is 15.9 Å². The second-order valence-corrected chi connectivity index (χ2v) is 7.55. The zero-order chi connectivity index (χ0) is 21.8. The minimum Gasteiger partial charge on any atom is -0.481 e. The monoisotopic (exact) mass is 473 g/mol. The summed E-state index contributed by atoms with van der Waals surface area (Å²) in [5.74, 6) is -0.275. The summed E-state index contributed by atoms with van der Waals surface area (Å²) in [5.41, 5.74) is 1.15. The largest absolute Gasteiger partial charge is 0.481 e. The van der Waals surface area contributed by atoms with Crippen molar-refractivity contribution in [3.63, 3.8) is 0 Å². The summed E-state index contributed by atoms with van der Waals surface area (Å²) in [5, 5.41) is 3.09. The van der Waals surface area contributed by atoms with Gasteiger partial charge in [-0.15, -0.1) is 0 Å². The summed E-state index contributed by atoms with van der Waals surface area (Å²) in [4.78, 5) is 36.2. The van der Waals surface area contributed by atoms with E-state index in [0.717, 1.165) is 15.6 Å². The molecule has 0 aliphatic carbocycles. The summed E-state index contributed by atoms with van der Waals surface area (Å²) >= 11 is 3.42. The van der Waals surface area contributed by atoms with Crippen LogP contribution in [-0.4, -0.2) is 25.0 Å². The maximum absolute atomic E-state index is 12.2. The van der Waals surface area contributed by atoms with Gasteiger partial charge >= 0.3 is 11.6 Å². The van der Waals surface area contributed by atoms with E-state index in [2.05, 4.69) is 21.2 Å². The van der Waals surface area contributed by atoms with Gasteiger partial charge in [0.25, 0.3) is 5.91 Å². The first-order valence-electron chi connectivity index (χ1n) is 9.24. The number of hydrogen-bond acceptors (Lipinski definition) is 6. The molecule has 0 aliphatic rings. The summed E-state index contributed by atoms with van der Waals surface area (Å²) in [6.07, 6.45) is 0. The van der Waals surface area contributed by atoms with E-state index < -0.39 is 17.5 Å². The van der Waals surface area contributed by atoms with Gasteiger partial charge in [0.05, 0.1) is 0 Å². The van der Waals surface area contributed by atoms with Gasteiger partial charge in [0, 0.05) is 22.5 Å². The number of carbonyl (C=O) groups is 2. The second-order valence-electron chi connectivity index (χ2n) is 6.64. The molecule has 0 aliphatic heterocycles. The molecule has 0 unspecified atom stereocenters. The van der Waals surface area contributed by atoms with Gasteiger partial charge in [-0.3, -0.25) is 4.79 Å². The van der Waals surface area contributed by atoms with Crippen molar-refractivity contribution in [2.24, 2.45) is 0 Å². The Morgan fingerprint density at radius 1 is 1.10 bits per heavy atom. The normalized spacial score (nSPS) is 10.7. The number of ether oxygens (including phenoxy) is 2. The van der Waals surface area contributed by atoms with E-state index in [1.54, 1.807) is 19.1 Å². The SMILES string of the molecule is CCNC(=O)c1cc2ccc(OC(=O)COc3c(C)cc(Br)cc3C)cc2oc1=O. The molecule has 1 aromatic heterocycles. The Labute approximate surface area is 181 Å². The smallest absolute Gasteiger partial charge is 0.349 e. The van der Waals surface area contributed by atoms with Crippen LogP contribution in [0.15, 0.2) is 50.1 Å². The molecule has 0 radical (unpaired) electrons. The van der Waals surface area contributed by atoms with Crippen molar-refractivity contribution in [1.82, 2.24) is 5.32 Å². The van der Waals surface area contributed by atoms with Gasteiger partial charge in [0.1, 0.15) is 22.6 Å². The second kappa shape index (κ2) is 9.13. The van der Waals surface area contributed by atoms with Crippen LogP contribution in [0.1, 0.15) is 28.4 Å². The van der Waals surface area contributed by atoms with Gasteiger partial charge in [-0.05, 0) is 62.2 Å². The minimum atomic E-state index is -0.763. The molecule has 8 heteroatoms. The quantitative estimate of drug-likeness (QED) is 0.331. The lowest BCUT2D eigenvalue weighted by Crippen LogP contribution is -2.27. The molecule has 156 valence electrons. The summed E-state index contributed by atoms with van der Waals surface area (Å²) in [6, 6.07) is 9.82. The summed E-state index contributed by atoms with van der Waals surface area (Å²) in [6.45, 7) is 5.65. The molecule has 1 heterocycles. The van der Waals surface area contributed by atoms with Crippen molar-refractivity contribution in [1.29, 1.82) is 0 Å². The van der Waals surface area contributed by atoms with Crippen molar-refractivity contribution >= 4 is 38.8 Å². The molecule has 2 aromatic carbocycles. The Morgan fingerprint density at radius 2 is 1.80 bits per heavy atom. The van der Waals surface area contributed by atoms with Crippen molar-refractivity contribution in [3.8, 4) is 11.5 Å². The number of rotatable bonds is 6. The van der Waals surface area contributed by atoms with Crippen LogP contribution >= 0.6 is 15.9 Å². The molecule has 0 atom stereocenters. The highest BCUT2D eigenvalue weighted by Crippen LogP contribution is 2.27. The molecule has 0 bridgehead atoms. The molecule has 0 fully saturated rings. The standard InChI is InChI=1S/C22H20BrNO6/c1-4-24-21(26)17-9-14-5-6-16(10-18(14)30-22(17)27)29-19(25)11-28-20-12(2)7-15(23)8-13(20)3/h5-10H,4,11H2,1-3H3,(H,24,26). The van der Waals surface area contributed by atoms with Gasteiger partial charge in [-0.25, -0.2) is 9.59 Å². The molecular weight excluding hydrogens is 454 g/mol. The van der Waals surface area contributed by atoms with Gasteiger partial charge in [0.15, 0.2) is 6.61 Å². The molecule has 3 rings (SSSR count). The van der Waals surface area contributed by atoms with E-state index in [4.69, 9.17) is 13.9 Å². The Morgan fingerprint density at radius 3 is 2.47 bits per heavy atom. The van der Waals surface area contributed by atoms with Crippen LogP contribution in [-0.2, 0) is 4.79 Å². The fourth-order valence-electron chi connectivity index (χ4n) is 2.99. The summed E-state index contributed by atoms with van der Waals surface area (Å²) in [7, 11) is 0.